The van der Waals surface area contributed by atoms with Crippen molar-refractivity contribution in [2.75, 3.05) is 0 Å². The van der Waals surface area contributed by atoms with Crippen LogP contribution in [0.5, 0.6) is 0 Å². The zero-order valence-corrected chi connectivity index (χ0v) is 9.46. The van der Waals surface area contributed by atoms with Crippen LogP contribution in [0.25, 0.3) is 0 Å². The van der Waals surface area contributed by atoms with Crippen molar-refractivity contribution < 1.29 is 4.74 Å². The molecule has 3 rings (SSSR count). The zero-order chi connectivity index (χ0) is 10.3. The minimum Gasteiger partial charge on any atom is -0.361 e. The zero-order valence-electron chi connectivity index (χ0n) is 8.71. The smallest absolute Gasteiger partial charge is 0.121 e. The molecule has 0 radical (unpaired) electrons. The van der Waals surface area contributed by atoms with Gasteiger partial charge in [-0.15, -0.1) is 0 Å². The first-order valence-electron chi connectivity index (χ1n) is 5.76. The van der Waals surface area contributed by atoms with E-state index in [0.717, 1.165) is 11.4 Å². The van der Waals surface area contributed by atoms with Crippen molar-refractivity contribution in [1.29, 1.82) is 0 Å². The Morgan fingerprint density at radius 1 is 1.20 bits per heavy atom. The van der Waals surface area contributed by atoms with Crippen LogP contribution in [0.2, 0.25) is 5.02 Å². The molecule has 1 saturated heterocycles. The predicted octanol–water partition coefficient (Wildman–Crippen LogP) is 3.90. The Kier molecular flexibility index (Phi) is 2.26. The molecule has 1 aliphatic carbocycles. The van der Waals surface area contributed by atoms with E-state index in [4.69, 9.17) is 16.3 Å². The Morgan fingerprint density at radius 3 is 2.93 bits per heavy atom. The van der Waals surface area contributed by atoms with Gasteiger partial charge in [0, 0.05) is 10.6 Å². The van der Waals surface area contributed by atoms with Crippen molar-refractivity contribution in [2.24, 2.45) is 0 Å². The highest BCUT2D eigenvalue weighted by Gasteiger charge is 2.57. The summed E-state index contributed by atoms with van der Waals surface area (Å²) >= 11 is 6.25. The topological polar surface area (TPSA) is 12.5 Å². The number of halogens is 1. The molecule has 1 aromatic rings. The van der Waals surface area contributed by atoms with E-state index in [9.17, 15) is 0 Å². The van der Waals surface area contributed by atoms with Crippen LogP contribution in [0, 0.1) is 0 Å². The molecule has 2 atom stereocenters. The maximum absolute atomic E-state index is 6.25. The van der Waals surface area contributed by atoms with Gasteiger partial charge in [0.2, 0.25) is 0 Å². The van der Waals surface area contributed by atoms with E-state index in [2.05, 4.69) is 12.1 Å². The van der Waals surface area contributed by atoms with E-state index in [1.807, 2.05) is 12.1 Å². The number of hydrogen-bond acceptors (Lipinski definition) is 1. The van der Waals surface area contributed by atoms with E-state index in [1.54, 1.807) is 0 Å². The van der Waals surface area contributed by atoms with Crippen molar-refractivity contribution >= 4 is 11.6 Å². The molecule has 1 heterocycles. The number of rotatable bonds is 1. The van der Waals surface area contributed by atoms with E-state index in [1.165, 1.54) is 31.2 Å². The lowest BCUT2D eigenvalue weighted by molar-refractivity contribution is 0.265. The van der Waals surface area contributed by atoms with Crippen molar-refractivity contribution in [1.82, 2.24) is 0 Å². The summed E-state index contributed by atoms with van der Waals surface area (Å²) in [6.07, 6.45) is 6.68. The predicted molar refractivity (Wildman–Crippen MR) is 61.1 cm³/mol. The van der Waals surface area contributed by atoms with Gasteiger partial charge in [-0.2, -0.15) is 0 Å². The van der Waals surface area contributed by atoms with Crippen LogP contribution in [-0.4, -0.2) is 6.10 Å². The fourth-order valence-corrected chi connectivity index (χ4v) is 3.10. The highest BCUT2D eigenvalue weighted by molar-refractivity contribution is 6.31. The number of fused-ring (bicyclic) bond motifs is 1. The summed E-state index contributed by atoms with van der Waals surface area (Å²) in [5.41, 5.74) is 1.19. The quantitative estimate of drug-likeness (QED) is 0.657. The lowest BCUT2D eigenvalue weighted by atomic mass is 9.91. The van der Waals surface area contributed by atoms with Gasteiger partial charge in [-0.05, 0) is 18.9 Å². The lowest BCUT2D eigenvalue weighted by Gasteiger charge is -2.13. The second-order valence-corrected chi connectivity index (χ2v) is 4.98. The molecular formula is C13H15ClO. The fraction of sp³-hybridized carbons (Fsp3) is 0.538. The Bertz CT molecular complexity index is 377. The van der Waals surface area contributed by atoms with E-state index < -0.39 is 0 Å². The Labute approximate surface area is 95.4 Å². The molecule has 2 heteroatoms. The van der Waals surface area contributed by atoms with Crippen LogP contribution in [-0.2, 0) is 10.3 Å². The van der Waals surface area contributed by atoms with Gasteiger partial charge in [-0.25, -0.2) is 0 Å². The second kappa shape index (κ2) is 3.50. The minimum atomic E-state index is -0.0190. The number of epoxide rings is 1. The van der Waals surface area contributed by atoms with Crippen LogP contribution < -0.4 is 0 Å². The van der Waals surface area contributed by atoms with Gasteiger partial charge in [0.1, 0.15) is 5.60 Å². The minimum absolute atomic E-state index is 0.0190. The maximum atomic E-state index is 6.25. The van der Waals surface area contributed by atoms with E-state index in [0.29, 0.717) is 6.10 Å². The molecule has 1 nitrogen and oxygen atoms in total. The van der Waals surface area contributed by atoms with Crippen LogP contribution >= 0.6 is 11.6 Å². The molecule has 0 N–H and O–H groups in total. The van der Waals surface area contributed by atoms with Crippen molar-refractivity contribution in [3.8, 4) is 0 Å². The highest BCUT2D eigenvalue weighted by Crippen LogP contribution is 2.55. The number of benzene rings is 1. The Hall–Kier alpha value is -0.530. The van der Waals surface area contributed by atoms with Crippen LogP contribution in [0.4, 0.5) is 0 Å². The summed E-state index contributed by atoms with van der Waals surface area (Å²) in [6.45, 7) is 0. The molecule has 2 aliphatic rings. The van der Waals surface area contributed by atoms with Crippen LogP contribution in [0.1, 0.15) is 37.7 Å². The Morgan fingerprint density at radius 2 is 2.07 bits per heavy atom. The third kappa shape index (κ3) is 1.49. The van der Waals surface area contributed by atoms with Gasteiger partial charge in [-0.3, -0.25) is 0 Å². The molecule has 0 unspecified atom stereocenters. The van der Waals surface area contributed by atoms with Gasteiger partial charge >= 0.3 is 0 Å². The monoisotopic (exact) mass is 222 g/mol. The summed E-state index contributed by atoms with van der Waals surface area (Å²) in [5.74, 6) is 0. The third-order valence-corrected chi connectivity index (χ3v) is 3.99. The first-order valence-corrected chi connectivity index (χ1v) is 6.13. The maximum Gasteiger partial charge on any atom is 0.121 e. The molecule has 0 aromatic heterocycles. The summed E-state index contributed by atoms with van der Waals surface area (Å²) < 4.78 is 5.93. The van der Waals surface area contributed by atoms with E-state index >= 15 is 0 Å². The van der Waals surface area contributed by atoms with Crippen LogP contribution in [0.15, 0.2) is 24.3 Å². The average molecular weight is 223 g/mol. The lowest BCUT2D eigenvalue weighted by Crippen LogP contribution is -2.12. The summed E-state index contributed by atoms with van der Waals surface area (Å²) in [6, 6.07) is 8.12. The van der Waals surface area contributed by atoms with Gasteiger partial charge in [-0.1, -0.05) is 49.1 Å². The standard InChI is InChI=1S/C13H15ClO/c14-11-7-4-3-6-10(11)13-9-5-1-2-8-12(13)15-13/h3-4,6-7,12H,1-2,5,8-9H2/t12-,13+/m0/s1. The normalized spacial score (nSPS) is 34.3. The van der Waals surface area contributed by atoms with Crippen molar-refractivity contribution in [2.45, 2.75) is 43.8 Å². The number of hydrogen-bond donors (Lipinski definition) is 0. The van der Waals surface area contributed by atoms with E-state index in [-0.39, 0.29) is 5.60 Å². The second-order valence-electron chi connectivity index (χ2n) is 4.58. The van der Waals surface area contributed by atoms with Gasteiger partial charge in [0.05, 0.1) is 6.10 Å². The van der Waals surface area contributed by atoms with Gasteiger partial charge in [0.15, 0.2) is 0 Å². The number of ether oxygens (including phenoxy) is 1. The first-order chi connectivity index (χ1) is 7.33. The first kappa shape index (κ1) is 9.68. The van der Waals surface area contributed by atoms with Gasteiger partial charge < -0.3 is 4.74 Å². The van der Waals surface area contributed by atoms with Gasteiger partial charge in [0.25, 0.3) is 0 Å². The van der Waals surface area contributed by atoms with Crippen molar-refractivity contribution in [3.63, 3.8) is 0 Å². The summed E-state index contributed by atoms with van der Waals surface area (Å²) in [4.78, 5) is 0. The average Bonchev–Trinajstić information content (AvgIpc) is 2.92. The molecular weight excluding hydrogens is 208 g/mol. The molecule has 1 aliphatic heterocycles. The summed E-state index contributed by atoms with van der Waals surface area (Å²) in [7, 11) is 0. The molecule has 0 amide bonds. The third-order valence-electron chi connectivity index (χ3n) is 3.66. The molecule has 1 aromatic carbocycles. The largest absolute Gasteiger partial charge is 0.361 e. The molecule has 15 heavy (non-hydrogen) atoms. The fourth-order valence-electron chi connectivity index (χ4n) is 2.80. The van der Waals surface area contributed by atoms with Crippen molar-refractivity contribution in [3.05, 3.63) is 34.9 Å². The molecule has 0 bridgehead atoms. The molecule has 80 valence electrons. The summed E-state index contributed by atoms with van der Waals surface area (Å²) in [5, 5.41) is 0.863. The SMILES string of the molecule is Clc1ccccc1[C@]12CCCCC[C@@H]1O2. The highest BCUT2D eigenvalue weighted by atomic mass is 35.5. The molecule has 1 saturated carbocycles. The molecule has 2 fully saturated rings. The Balaban J connectivity index is 1.97. The van der Waals surface area contributed by atoms with Crippen LogP contribution in [0.3, 0.4) is 0 Å². The molecule has 0 spiro atoms.